The van der Waals surface area contributed by atoms with E-state index >= 15 is 0 Å². The summed E-state index contributed by atoms with van der Waals surface area (Å²) in [5, 5.41) is 3.77. The van der Waals surface area contributed by atoms with Gasteiger partial charge in [0.2, 0.25) is 0 Å². The molecule has 0 saturated carbocycles. The molecular weight excluding hydrogens is 319 g/mol. The SMILES string of the molecule is CCN(CC)c1ccc(C(=O)Nc2cc(Cl)cc(Cl)c2)cc1. The molecule has 22 heavy (non-hydrogen) atoms. The summed E-state index contributed by atoms with van der Waals surface area (Å²) >= 11 is 11.9. The molecule has 5 heteroatoms. The second kappa shape index (κ2) is 7.52. The van der Waals surface area contributed by atoms with E-state index < -0.39 is 0 Å². The normalized spacial score (nSPS) is 10.4. The van der Waals surface area contributed by atoms with Crippen molar-refractivity contribution in [3.8, 4) is 0 Å². The molecule has 0 aliphatic heterocycles. The van der Waals surface area contributed by atoms with Gasteiger partial charge in [-0.05, 0) is 56.3 Å². The Morgan fingerprint density at radius 3 is 2.05 bits per heavy atom. The number of benzene rings is 2. The van der Waals surface area contributed by atoms with Crippen molar-refractivity contribution in [2.45, 2.75) is 13.8 Å². The van der Waals surface area contributed by atoms with Gasteiger partial charge < -0.3 is 10.2 Å². The van der Waals surface area contributed by atoms with Crippen LogP contribution in [0.15, 0.2) is 42.5 Å². The molecule has 0 atom stereocenters. The average molecular weight is 337 g/mol. The first-order valence-electron chi connectivity index (χ1n) is 7.16. The van der Waals surface area contributed by atoms with Crippen molar-refractivity contribution < 1.29 is 4.79 Å². The predicted octanol–water partition coefficient (Wildman–Crippen LogP) is 5.09. The minimum atomic E-state index is -0.190. The summed E-state index contributed by atoms with van der Waals surface area (Å²) in [7, 11) is 0. The number of hydrogen-bond acceptors (Lipinski definition) is 2. The van der Waals surface area contributed by atoms with E-state index in [4.69, 9.17) is 23.2 Å². The monoisotopic (exact) mass is 336 g/mol. The highest BCUT2D eigenvalue weighted by Crippen LogP contribution is 2.23. The summed E-state index contributed by atoms with van der Waals surface area (Å²) in [5.74, 6) is -0.190. The third kappa shape index (κ3) is 4.15. The van der Waals surface area contributed by atoms with E-state index in [1.807, 2.05) is 24.3 Å². The predicted molar refractivity (Wildman–Crippen MR) is 94.4 cm³/mol. The maximum absolute atomic E-state index is 12.2. The second-order valence-corrected chi connectivity index (χ2v) is 5.70. The van der Waals surface area contributed by atoms with Gasteiger partial charge in [0, 0.05) is 40.1 Å². The van der Waals surface area contributed by atoms with Crippen molar-refractivity contribution in [3.05, 3.63) is 58.1 Å². The minimum absolute atomic E-state index is 0.190. The van der Waals surface area contributed by atoms with Crippen LogP contribution in [0.2, 0.25) is 10.0 Å². The number of nitrogens with one attached hydrogen (secondary N) is 1. The molecule has 0 aliphatic carbocycles. The molecule has 0 aliphatic rings. The Bertz CT molecular complexity index is 632. The Morgan fingerprint density at radius 1 is 1.00 bits per heavy atom. The molecule has 0 saturated heterocycles. The molecule has 3 nitrogen and oxygen atoms in total. The van der Waals surface area contributed by atoms with Crippen LogP contribution in [-0.4, -0.2) is 19.0 Å². The molecule has 2 aromatic carbocycles. The first-order chi connectivity index (χ1) is 10.5. The summed E-state index contributed by atoms with van der Waals surface area (Å²) in [6.07, 6.45) is 0. The van der Waals surface area contributed by atoms with Gasteiger partial charge in [0.15, 0.2) is 0 Å². The lowest BCUT2D eigenvalue weighted by Crippen LogP contribution is -2.21. The molecule has 0 radical (unpaired) electrons. The quantitative estimate of drug-likeness (QED) is 0.824. The highest BCUT2D eigenvalue weighted by Gasteiger charge is 2.08. The van der Waals surface area contributed by atoms with Gasteiger partial charge in [-0.15, -0.1) is 0 Å². The lowest BCUT2D eigenvalue weighted by Gasteiger charge is -2.21. The Morgan fingerprint density at radius 2 is 1.55 bits per heavy atom. The van der Waals surface area contributed by atoms with Gasteiger partial charge in [-0.1, -0.05) is 23.2 Å². The Balaban J connectivity index is 2.12. The molecular formula is C17H18Cl2N2O. The van der Waals surface area contributed by atoms with Gasteiger partial charge >= 0.3 is 0 Å². The van der Waals surface area contributed by atoms with E-state index in [1.54, 1.807) is 18.2 Å². The summed E-state index contributed by atoms with van der Waals surface area (Å²) in [4.78, 5) is 14.5. The summed E-state index contributed by atoms with van der Waals surface area (Å²) in [5.41, 5.74) is 2.27. The van der Waals surface area contributed by atoms with E-state index in [0.717, 1.165) is 18.8 Å². The fourth-order valence-corrected chi connectivity index (χ4v) is 2.77. The number of halogens is 2. The number of hydrogen-bond donors (Lipinski definition) is 1. The van der Waals surface area contributed by atoms with Crippen LogP contribution in [0.1, 0.15) is 24.2 Å². The van der Waals surface area contributed by atoms with Crippen LogP contribution >= 0.6 is 23.2 Å². The van der Waals surface area contributed by atoms with Crippen molar-refractivity contribution in [1.29, 1.82) is 0 Å². The van der Waals surface area contributed by atoms with Crippen molar-refractivity contribution in [3.63, 3.8) is 0 Å². The van der Waals surface area contributed by atoms with Crippen molar-refractivity contribution in [2.24, 2.45) is 0 Å². The van der Waals surface area contributed by atoms with E-state index in [2.05, 4.69) is 24.1 Å². The highest BCUT2D eigenvalue weighted by molar-refractivity contribution is 6.35. The standard InChI is InChI=1S/C17H18Cl2N2O/c1-3-21(4-2)16-7-5-12(6-8-16)17(22)20-15-10-13(18)9-14(19)11-15/h5-11H,3-4H2,1-2H3,(H,20,22). The first kappa shape index (κ1) is 16.7. The van der Waals surface area contributed by atoms with Crippen LogP contribution in [0, 0.1) is 0 Å². The molecule has 0 heterocycles. The molecule has 1 N–H and O–H groups in total. The summed E-state index contributed by atoms with van der Waals surface area (Å²) < 4.78 is 0. The van der Waals surface area contributed by atoms with Gasteiger partial charge in [-0.3, -0.25) is 4.79 Å². The Labute approximate surface area is 140 Å². The van der Waals surface area contributed by atoms with E-state index in [1.165, 1.54) is 0 Å². The minimum Gasteiger partial charge on any atom is -0.372 e. The fraction of sp³-hybridized carbons (Fsp3) is 0.235. The van der Waals surface area contributed by atoms with Crippen LogP contribution in [0.4, 0.5) is 11.4 Å². The molecule has 0 unspecified atom stereocenters. The molecule has 0 spiro atoms. The number of anilines is 2. The molecule has 1 amide bonds. The van der Waals surface area contributed by atoms with Crippen molar-refractivity contribution >= 4 is 40.5 Å². The summed E-state index contributed by atoms with van der Waals surface area (Å²) in [6.45, 7) is 6.08. The summed E-state index contributed by atoms with van der Waals surface area (Å²) in [6, 6.07) is 12.5. The number of carbonyl (C=O) groups excluding carboxylic acids is 1. The largest absolute Gasteiger partial charge is 0.372 e. The fourth-order valence-electron chi connectivity index (χ4n) is 2.24. The van der Waals surface area contributed by atoms with Crippen molar-refractivity contribution in [2.75, 3.05) is 23.3 Å². The lowest BCUT2D eigenvalue weighted by atomic mass is 10.1. The first-order valence-corrected chi connectivity index (χ1v) is 7.91. The van der Waals surface area contributed by atoms with Gasteiger partial charge in [0.1, 0.15) is 0 Å². The number of carbonyl (C=O) groups is 1. The molecule has 2 rings (SSSR count). The second-order valence-electron chi connectivity index (χ2n) is 4.83. The van der Waals surface area contributed by atoms with Gasteiger partial charge in [-0.25, -0.2) is 0 Å². The van der Waals surface area contributed by atoms with Crippen LogP contribution in [0.25, 0.3) is 0 Å². The average Bonchev–Trinajstić information content (AvgIpc) is 2.48. The number of rotatable bonds is 5. The number of amides is 1. The zero-order valence-corrected chi connectivity index (χ0v) is 14.1. The van der Waals surface area contributed by atoms with Crippen LogP contribution in [-0.2, 0) is 0 Å². The molecule has 0 bridgehead atoms. The van der Waals surface area contributed by atoms with Gasteiger partial charge in [0.25, 0.3) is 5.91 Å². The van der Waals surface area contributed by atoms with E-state index in [9.17, 15) is 4.79 Å². The molecule has 116 valence electrons. The molecule has 0 aromatic heterocycles. The topological polar surface area (TPSA) is 32.3 Å². The van der Waals surface area contributed by atoms with Crippen molar-refractivity contribution in [1.82, 2.24) is 0 Å². The smallest absolute Gasteiger partial charge is 0.255 e. The van der Waals surface area contributed by atoms with Gasteiger partial charge in [0.05, 0.1) is 0 Å². The number of nitrogens with zero attached hydrogens (tertiary/aromatic N) is 1. The Kier molecular flexibility index (Phi) is 5.69. The maximum atomic E-state index is 12.2. The molecule has 0 fully saturated rings. The highest BCUT2D eigenvalue weighted by atomic mass is 35.5. The van der Waals surface area contributed by atoms with Crippen LogP contribution in [0.5, 0.6) is 0 Å². The third-order valence-electron chi connectivity index (χ3n) is 3.38. The van der Waals surface area contributed by atoms with Crippen LogP contribution in [0.3, 0.4) is 0 Å². The van der Waals surface area contributed by atoms with Gasteiger partial charge in [-0.2, -0.15) is 0 Å². The maximum Gasteiger partial charge on any atom is 0.255 e. The Hall–Kier alpha value is -1.71. The van der Waals surface area contributed by atoms with Crippen LogP contribution < -0.4 is 10.2 Å². The zero-order chi connectivity index (χ0) is 16.1. The van der Waals surface area contributed by atoms with E-state index in [-0.39, 0.29) is 5.91 Å². The zero-order valence-electron chi connectivity index (χ0n) is 12.6. The lowest BCUT2D eigenvalue weighted by molar-refractivity contribution is 0.102. The third-order valence-corrected chi connectivity index (χ3v) is 3.81. The molecule has 2 aromatic rings. The van der Waals surface area contributed by atoms with E-state index in [0.29, 0.717) is 21.3 Å².